The van der Waals surface area contributed by atoms with Gasteiger partial charge in [0.25, 0.3) is 0 Å². The number of aliphatic hydroxyl groups excluding tert-OH is 1. The molecule has 1 saturated carbocycles. The van der Waals surface area contributed by atoms with Crippen LogP contribution in [0.2, 0.25) is 0 Å². The van der Waals surface area contributed by atoms with Gasteiger partial charge in [0.2, 0.25) is 0 Å². The van der Waals surface area contributed by atoms with Crippen LogP contribution in [0, 0.1) is 23.2 Å². The first-order valence-corrected chi connectivity index (χ1v) is 6.17. The minimum atomic E-state index is -0.481. The molecule has 1 aliphatic carbocycles. The van der Waals surface area contributed by atoms with Crippen LogP contribution in [0.15, 0.2) is 0 Å². The zero-order chi connectivity index (χ0) is 12.3. The molecule has 5 atom stereocenters. The average Bonchev–Trinajstić information content (AvgIpc) is 2.18. The number of β-lactam (4-membered cyclic amide) rings is 1. The summed E-state index contributed by atoms with van der Waals surface area (Å²) in [6.07, 6.45) is -0.0495. The SMILES string of the molecule is C[C@@H]1[C@H](C)C(C)(C)[C@@H](C)[C@@H](O)C12CC(=O)[N-]2.[W].[Y]. The summed E-state index contributed by atoms with van der Waals surface area (Å²) >= 11 is 0. The Morgan fingerprint density at radius 1 is 1.17 bits per heavy atom. The quantitative estimate of drug-likeness (QED) is 0.523. The number of hydrogen-bond donors (Lipinski definition) is 1. The number of rotatable bonds is 0. The topological polar surface area (TPSA) is 51.4 Å². The third-order valence-electron chi connectivity index (χ3n) is 5.64. The van der Waals surface area contributed by atoms with E-state index < -0.39 is 11.6 Å². The maximum absolute atomic E-state index is 11.2. The van der Waals surface area contributed by atoms with Crippen LogP contribution < -0.4 is 0 Å². The molecule has 1 spiro atoms. The molecule has 0 aromatic carbocycles. The predicted octanol–water partition coefficient (Wildman–Crippen LogP) is 2.33. The Morgan fingerprint density at radius 3 is 2.00 bits per heavy atom. The Hall–Kier alpha value is 1.22. The summed E-state index contributed by atoms with van der Waals surface area (Å²) in [5.41, 5.74) is -0.385. The van der Waals surface area contributed by atoms with Crippen LogP contribution >= 0.6 is 0 Å². The molecule has 1 saturated heterocycles. The van der Waals surface area contributed by atoms with E-state index >= 15 is 0 Å². The molecule has 0 aromatic rings. The van der Waals surface area contributed by atoms with E-state index in [2.05, 4.69) is 39.9 Å². The van der Waals surface area contributed by atoms with Crippen molar-refractivity contribution in [1.82, 2.24) is 0 Å². The standard InChI is InChI=1S/C13H23NO2.W.Y/c1-7-8(2)13(6-10(15)14-13)11(16)9(3)12(7,4)5;;/h7-9,11,16H,6H2,1-5H3,(H,14,15);;/p-1/t7-,8+,9-,11+,13?;;/m0../s1. The zero-order valence-electron chi connectivity index (χ0n) is 11.8. The molecule has 1 radical (unpaired) electrons. The fraction of sp³-hybridized carbons (Fsp3) is 0.923. The minimum absolute atomic E-state index is 0. The summed E-state index contributed by atoms with van der Waals surface area (Å²) in [7, 11) is 0. The van der Waals surface area contributed by atoms with E-state index in [1.54, 1.807) is 0 Å². The number of carbonyl (C=O) groups excluding carboxylic acids is 1. The molecule has 18 heavy (non-hydrogen) atoms. The van der Waals surface area contributed by atoms with Gasteiger partial charge in [-0.05, 0) is 29.6 Å². The van der Waals surface area contributed by atoms with Crippen molar-refractivity contribution in [2.75, 3.05) is 0 Å². The Labute approximate surface area is 149 Å². The third-order valence-corrected chi connectivity index (χ3v) is 5.64. The maximum atomic E-state index is 11.2. The molecule has 1 amide bonds. The zero-order valence-corrected chi connectivity index (χ0v) is 17.6. The number of carbonyl (C=O) groups is 1. The van der Waals surface area contributed by atoms with E-state index in [0.29, 0.717) is 12.3 Å². The molecule has 1 unspecified atom stereocenters. The second-order valence-corrected chi connectivity index (χ2v) is 6.31. The number of hydrogen-bond acceptors (Lipinski definition) is 2. The van der Waals surface area contributed by atoms with Gasteiger partial charge < -0.3 is 15.2 Å². The summed E-state index contributed by atoms with van der Waals surface area (Å²) in [5.74, 6) is 0.856. The second kappa shape index (κ2) is 5.92. The Kier molecular flexibility index (Phi) is 6.32. The van der Waals surface area contributed by atoms with Crippen LogP contribution in [0.4, 0.5) is 0 Å². The second-order valence-electron chi connectivity index (χ2n) is 6.31. The first kappa shape index (κ1) is 19.2. The van der Waals surface area contributed by atoms with E-state index in [1.165, 1.54) is 0 Å². The number of amides is 1. The summed E-state index contributed by atoms with van der Waals surface area (Å²) < 4.78 is 0. The van der Waals surface area contributed by atoms with Crippen molar-refractivity contribution in [2.45, 2.75) is 52.7 Å². The molecule has 1 aliphatic heterocycles. The largest absolute Gasteiger partial charge is 0.646 e. The first-order valence-electron chi connectivity index (χ1n) is 6.17. The first-order chi connectivity index (χ1) is 7.23. The van der Waals surface area contributed by atoms with Gasteiger partial charge in [-0.15, -0.1) is 0 Å². The number of nitrogens with zero attached hydrogens (tertiary/aromatic N) is 1. The van der Waals surface area contributed by atoms with Gasteiger partial charge in [-0.2, -0.15) is 0 Å². The van der Waals surface area contributed by atoms with Gasteiger partial charge >= 0.3 is 0 Å². The van der Waals surface area contributed by atoms with Crippen LogP contribution in [-0.2, 0) is 58.6 Å². The molecule has 5 heteroatoms. The molecule has 2 fully saturated rings. The van der Waals surface area contributed by atoms with Gasteiger partial charge in [0.05, 0.1) is 5.91 Å². The van der Waals surface area contributed by atoms with Crippen LogP contribution in [0.1, 0.15) is 41.0 Å². The molecule has 101 valence electrons. The summed E-state index contributed by atoms with van der Waals surface area (Å²) in [6, 6.07) is 0. The van der Waals surface area contributed by atoms with E-state index in [1.807, 2.05) is 0 Å². The van der Waals surface area contributed by atoms with Crippen molar-refractivity contribution in [3.63, 3.8) is 0 Å². The van der Waals surface area contributed by atoms with Crippen molar-refractivity contribution < 1.29 is 63.7 Å². The molecule has 2 rings (SSSR count). The molecule has 0 bridgehead atoms. The Balaban J connectivity index is 0.00000144. The van der Waals surface area contributed by atoms with Crippen LogP contribution in [0.3, 0.4) is 0 Å². The molecule has 3 nitrogen and oxygen atoms in total. The fourth-order valence-electron chi connectivity index (χ4n) is 3.50. The van der Waals surface area contributed by atoms with Crippen molar-refractivity contribution in [2.24, 2.45) is 23.2 Å². The van der Waals surface area contributed by atoms with Gasteiger partial charge in [0.1, 0.15) is 0 Å². The molecule has 1 N–H and O–H groups in total. The van der Waals surface area contributed by atoms with Crippen molar-refractivity contribution >= 4 is 5.91 Å². The number of aliphatic hydroxyl groups is 1. The van der Waals surface area contributed by atoms with E-state index in [0.717, 1.165) is 0 Å². The molecular formula is C13H22NO2WY-. The molecular weight excluding hydrogens is 475 g/mol. The van der Waals surface area contributed by atoms with Gasteiger partial charge in [0, 0.05) is 59.9 Å². The van der Waals surface area contributed by atoms with E-state index in [9.17, 15) is 9.90 Å². The third kappa shape index (κ3) is 2.43. The molecule has 2 aliphatic rings. The average molecular weight is 497 g/mol. The summed E-state index contributed by atoms with van der Waals surface area (Å²) in [6.45, 7) is 10.8. The van der Waals surface area contributed by atoms with Crippen molar-refractivity contribution in [3.8, 4) is 0 Å². The van der Waals surface area contributed by atoms with Gasteiger partial charge in [-0.3, -0.25) is 0 Å². The fourth-order valence-corrected chi connectivity index (χ4v) is 3.50. The van der Waals surface area contributed by atoms with Gasteiger partial charge in [-0.1, -0.05) is 40.2 Å². The van der Waals surface area contributed by atoms with Gasteiger partial charge in [0.15, 0.2) is 0 Å². The van der Waals surface area contributed by atoms with Crippen molar-refractivity contribution in [1.29, 1.82) is 0 Å². The van der Waals surface area contributed by atoms with Gasteiger partial charge in [-0.25, -0.2) is 0 Å². The predicted molar refractivity (Wildman–Crippen MR) is 63.0 cm³/mol. The normalized spacial score (nSPS) is 45.3. The maximum Gasteiger partial charge on any atom is 0.0507 e. The Bertz CT molecular complexity index is 307. The smallest absolute Gasteiger partial charge is 0.0507 e. The van der Waals surface area contributed by atoms with E-state index in [-0.39, 0.29) is 76.9 Å². The van der Waals surface area contributed by atoms with Crippen LogP contribution in [0.5, 0.6) is 0 Å². The van der Waals surface area contributed by atoms with E-state index in [4.69, 9.17) is 0 Å². The molecule has 1 heterocycles. The van der Waals surface area contributed by atoms with Crippen LogP contribution in [-0.4, -0.2) is 22.7 Å². The summed E-state index contributed by atoms with van der Waals surface area (Å²) in [4.78, 5) is 11.2. The van der Waals surface area contributed by atoms with Crippen molar-refractivity contribution in [3.05, 3.63) is 5.32 Å². The minimum Gasteiger partial charge on any atom is -0.646 e. The Morgan fingerprint density at radius 2 is 1.61 bits per heavy atom. The summed E-state index contributed by atoms with van der Waals surface area (Å²) in [5, 5.41) is 14.6. The monoisotopic (exact) mass is 497 g/mol. The van der Waals surface area contributed by atoms with Crippen LogP contribution in [0.25, 0.3) is 5.32 Å². The molecule has 0 aromatic heterocycles.